The molecule has 0 saturated carbocycles. The number of carbonyl (C=O) groups is 1. The maximum absolute atomic E-state index is 11.0. The molecule has 0 atom stereocenters. The second-order valence-corrected chi connectivity index (χ2v) is 3.16. The van der Waals surface area contributed by atoms with Crippen molar-refractivity contribution in [1.82, 2.24) is 4.98 Å². The predicted octanol–water partition coefficient (Wildman–Crippen LogP) is 1.96. The summed E-state index contributed by atoms with van der Waals surface area (Å²) in [5.41, 5.74) is 0.186. The van der Waals surface area contributed by atoms with Crippen LogP contribution in [0.3, 0.4) is 0 Å². The molecule has 1 heterocycles. The first-order valence-electron chi connectivity index (χ1n) is 4.85. The fourth-order valence-electron chi connectivity index (χ4n) is 1.38. The van der Waals surface area contributed by atoms with Crippen LogP contribution in [0.25, 0.3) is 0 Å². The first-order chi connectivity index (χ1) is 7.70. The Labute approximate surface area is 94.5 Å². The molecule has 0 aliphatic rings. The highest BCUT2D eigenvalue weighted by Gasteiger charge is 2.14. The predicted molar refractivity (Wildman–Crippen MR) is 63.8 cm³/mol. The van der Waals surface area contributed by atoms with Crippen molar-refractivity contribution in [1.29, 1.82) is 0 Å². The standard InChI is InChI=1S/C12H14N2O2/c1-3-8-14(9-4-2)11-10(12(15)16)6-5-7-13-11/h3-7H,1-2,8-9H2,(H,15,16). The van der Waals surface area contributed by atoms with Gasteiger partial charge in [-0.25, -0.2) is 9.78 Å². The highest BCUT2D eigenvalue weighted by molar-refractivity contribution is 5.93. The van der Waals surface area contributed by atoms with Crippen molar-refractivity contribution in [3.8, 4) is 0 Å². The van der Waals surface area contributed by atoms with E-state index in [4.69, 9.17) is 5.11 Å². The molecule has 0 aliphatic carbocycles. The molecular weight excluding hydrogens is 204 g/mol. The van der Waals surface area contributed by atoms with Crippen LogP contribution in [-0.4, -0.2) is 29.1 Å². The minimum Gasteiger partial charge on any atom is -0.478 e. The maximum Gasteiger partial charge on any atom is 0.339 e. The Morgan fingerprint density at radius 2 is 2.06 bits per heavy atom. The van der Waals surface area contributed by atoms with Crippen LogP contribution in [0.4, 0.5) is 5.82 Å². The summed E-state index contributed by atoms with van der Waals surface area (Å²) in [5, 5.41) is 9.03. The molecule has 0 bridgehead atoms. The Balaban J connectivity index is 3.11. The van der Waals surface area contributed by atoms with Crippen LogP contribution in [0.15, 0.2) is 43.6 Å². The molecule has 16 heavy (non-hydrogen) atoms. The lowest BCUT2D eigenvalue weighted by Gasteiger charge is -2.21. The van der Waals surface area contributed by atoms with E-state index in [1.165, 1.54) is 6.07 Å². The molecule has 0 spiro atoms. The van der Waals surface area contributed by atoms with Crippen molar-refractivity contribution in [3.63, 3.8) is 0 Å². The number of pyridine rings is 1. The van der Waals surface area contributed by atoms with E-state index in [1.54, 1.807) is 29.3 Å². The summed E-state index contributed by atoms with van der Waals surface area (Å²) >= 11 is 0. The van der Waals surface area contributed by atoms with Crippen LogP contribution in [-0.2, 0) is 0 Å². The molecule has 0 saturated heterocycles. The summed E-state index contributed by atoms with van der Waals surface area (Å²) in [5.74, 6) is -0.545. The summed E-state index contributed by atoms with van der Waals surface area (Å²) in [6, 6.07) is 3.14. The van der Waals surface area contributed by atoms with Gasteiger partial charge in [0, 0.05) is 19.3 Å². The van der Waals surface area contributed by atoms with Gasteiger partial charge in [0.05, 0.1) is 0 Å². The lowest BCUT2D eigenvalue weighted by atomic mass is 10.2. The number of aromatic carboxylic acids is 1. The van der Waals surface area contributed by atoms with Crippen molar-refractivity contribution < 1.29 is 9.90 Å². The summed E-state index contributed by atoms with van der Waals surface area (Å²) in [4.78, 5) is 16.9. The minimum atomic E-state index is -0.985. The highest BCUT2D eigenvalue weighted by atomic mass is 16.4. The molecule has 1 aromatic heterocycles. The summed E-state index contributed by atoms with van der Waals surface area (Å²) in [6.45, 7) is 8.33. The molecule has 84 valence electrons. The molecule has 0 radical (unpaired) electrons. The van der Waals surface area contributed by atoms with Gasteiger partial charge < -0.3 is 10.0 Å². The van der Waals surface area contributed by atoms with E-state index < -0.39 is 5.97 Å². The third kappa shape index (κ3) is 2.70. The van der Waals surface area contributed by atoms with Gasteiger partial charge in [-0.3, -0.25) is 0 Å². The van der Waals surface area contributed by atoms with Gasteiger partial charge in [0.15, 0.2) is 0 Å². The van der Waals surface area contributed by atoms with Gasteiger partial charge in [0.2, 0.25) is 0 Å². The third-order valence-corrected chi connectivity index (χ3v) is 2.02. The monoisotopic (exact) mass is 218 g/mol. The second-order valence-electron chi connectivity index (χ2n) is 3.16. The molecule has 1 N–H and O–H groups in total. The first-order valence-corrected chi connectivity index (χ1v) is 4.85. The molecule has 4 heteroatoms. The van der Waals surface area contributed by atoms with Gasteiger partial charge in [-0.05, 0) is 12.1 Å². The molecule has 1 rings (SSSR count). The van der Waals surface area contributed by atoms with E-state index in [9.17, 15) is 4.79 Å². The number of carboxylic acid groups (broad SMARTS) is 1. The number of carboxylic acids is 1. The zero-order valence-corrected chi connectivity index (χ0v) is 8.97. The number of anilines is 1. The van der Waals surface area contributed by atoms with E-state index in [1.807, 2.05) is 0 Å². The average Bonchev–Trinajstić information content (AvgIpc) is 2.29. The molecular formula is C12H14N2O2. The van der Waals surface area contributed by atoms with E-state index in [2.05, 4.69) is 18.1 Å². The van der Waals surface area contributed by atoms with Gasteiger partial charge in [0.25, 0.3) is 0 Å². The maximum atomic E-state index is 11.0. The van der Waals surface area contributed by atoms with Crippen LogP contribution in [0.5, 0.6) is 0 Å². The van der Waals surface area contributed by atoms with Gasteiger partial charge >= 0.3 is 5.97 Å². The lowest BCUT2D eigenvalue weighted by molar-refractivity contribution is 0.0697. The van der Waals surface area contributed by atoms with Gasteiger partial charge in [0.1, 0.15) is 11.4 Å². The van der Waals surface area contributed by atoms with Crippen LogP contribution in [0, 0.1) is 0 Å². The van der Waals surface area contributed by atoms with E-state index in [0.717, 1.165) is 0 Å². The molecule has 0 aliphatic heterocycles. The molecule has 0 unspecified atom stereocenters. The van der Waals surface area contributed by atoms with Crippen LogP contribution >= 0.6 is 0 Å². The minimum absolute atomic E-state index is 0.186. The number of aromatic nitrogens is 1. The van der Waals surface area contributed by atoms with Crippen LogP contribution in [0.1, 0.15) is 10.4 Å². The number of rotatable bonds is 6. The molecule has 1 aromatic rings. The number of hydrogen-bond donors (Lipinski definition) is 1. The number of hydrogen-bond acceptors (Lipinski definition) is 3. The molecule has 0 aromatic carbocycles. The van der Waals surface area contributed by atoms with Gasteiger partial charge in [-0.2, -0.15) is 0 Å². The van der Waals surface area contributed by atoms with E-state index >= 15 is 0 Å². The largest absolute Gasteiger partial charge is 0.478 e. The average molecular weight is 218 g/mol. The normalized spacial score (nSPS) is 9.50. The molecule has 4 nitrogen and oxygen atoms in total. The summed E-state index contributed by atoms with van der Waals surface area (Å²) in [6.07, 6.45) is 4.97. The topological polar surface area (TPSA) is 53.4 Å². The zero-order valence-electron chi connectivity index (χ0n) is 8.97. The fraction of sp³-hybridized carbons (Fsp3) is 0.167. The Hall–Kier alpha value is -2.10. The molecule has 0 fully saturated rings. The fourth-order valence-corrected chi connectivity index (χ4v) is 1.38. The van der Waals surface area contributed by atoms with E-state index in [-0.39, 0.29) is 5.56 Å². The zero-order chi connectivity index (χ0) is 12.0. The van der Waals surface area contributed by atoms with Crippen molar-refractivity contribution in [2.75, 3.05) is 18.0 Å². The Kier molecular flexibility index (Phi) is 4.27. The smallest absolute Gasteiger partial charge is 0.339 e. The first kappa shape index (κ1) is 12.0. The van der Waals surface area contributed by atoms with Crippen molar-refractivity contribution in [3.05, 3.63) is 49.2 Å². The summed E-state index contributed by atoms with van der Waals surface area (Å²) < 4.78 is 0. The van der Waals surface area contributed by atoms with E-state index in [0.29, 0.717) is 18.9 Å². The Bertz CT molecular complexity index is 392. The van der Waals surface area contributed by atoms with Crippen LogP contribution < -0.4 is 4.90 Å². The van der Waals surface area contributed by atoms with Crippen LogP contribution in [0.2, 0.25) is 0 Å². The van der Waals surface area contributed by atoms with Gasteiger partial charge in [-0.15, -0.1) is 13.2 Å². The van der Waals surface area contributed by atoms with Crippen molar-refractivity contribution >= 4 is 11.8 Å². The SMILES string of the molecule is C=CCN(CC=C)c1ncccc1C(=O)O. The number of nitrogens with zero attached hydrogens (tertiary/aromatic N) is 2. The Morgan fingerprint density at radius 3 is 2.56 bits per heavy atom. The molecule has 0 amide bonds. The van der Waals surface area contributed by atoms with Crippen molar-refractivity contribution in [2.24, 2.45) is 0 Å². The highest BCUT2D eigenvalue weighted by Crippen LogP contribution is 2.16. The van der Waals surface area contributed by atoms with Gasteiger partial charge in [-0.1, -0.05) is 12.2 Å². The third-order valence-electron chi connectivity index (χ3n) is 2.02. The summed E-state index contributed by atoms with van der Waals surface area (Å²) in [7, 11) is 0. The lowest BCUT2D eigenvalue weighted by Crippen LogP contribution is -2.26. The Morgan fingerprint density at radius 1 is 1.44 bits per heavy atom. The quantitative estimate of drug-likeness (QED) is 0.741. The van der Waals surface area contributed by atoms with Crippen molar-refractivity contribution in [2.45, 2.75) is 0 Å². The second kappa shape index (κ2) is 5.70.